The number of hydrazone groups is 1. The standard InChI is InChI=1S/C7H7F2N3.ClH/c8-4-1-2-5(6(9)3-4)7(10)12-11;/h1-3H,11H2,(H2,10,12);1H. The van der Waals surface area contributed by atoms with E-state index in [1.54, 1.807) is 0 Å². The van der Waals surface area contributed by atoms with E-state index < -0.39 is 11.6 Å². The molecular formula is C7H8ClF2N3. The van der Waals surface area contributed by atoms with E-state index in [0.29, 0.717) is 6.07 Å². The Hall–Kier alpha value is -1.36. The number of nitrogens with two attached hydrogens (primary N) is 2. The van der Waals surface area contributed by atoms with Gasteiger partial charge in [0.05, 0.1) is 5.56 Å². The summed E-state index contributed by atoms with van der Waals surface area (Å²) in [5.41, 5.74) is 5.21. The van der Waals surface area contributed by atoms with Crippen molar-refractivity contribution in [1.82, 2.24) is 0 Å². The number of halogens is 3. The highest BCUT2D eigenvalue weighted by Crippen LogP contribution is 2.08. The van der Waals surface area contributed by atoms with Gasteiger partial charge < -0.3 is 11.6 Å². The quantitative estimate of drug-likeness (QED) is 0.312. The second-order valence-electron chi connectivity index (χ2n) is 2.14. The number of nitrogens with zero attached hydrogens (tertiary/aromatic N) is 1. The van der Waals surface area contributed by atoms with Gasteiger partial charge in [-0.25, -0.2) is 8.78 Å². The van der Waals surface area contributed by atoms with E-state index in [9.17, 15) is 8.78 Å². The van der Waals surface area contributed by atoms with Crippen LogP contribution < -0.4 is 11.6 Å². The van der Waals surface area contributed by atoms with Crippen LogP contribution >= 0.6 is 12.4 Å². The molecule has 0 aliphatic carbocycles. The summed E-state index contributed by atoms with van der Waals surface area (Å²) in [6.07, 6.45) is 0. The average Bonchev–Trinajstić information content (AvgIpc) is 2.03. The van der Waals surface area contributed by atoms with Crippen molar-refractivity contribution in [2.24, 2.45) is 16.7 Å². The van der Waals surface area contributed by atoms with Gasteiger partial charge in [-0.3, -0.25) is 0 Å². The van der Waals surface area contributed by atoms with Crippen LogP contribution in [0, 0.1) is 11.6 Å². The molecule has 0 heterocycles. The third kappa shape index (κ3) is 2.55. The number of amidine groups is 1. The normalized spacial score (nSPS) is 10.8. The van der Waals surface area contributed by atoms with Gasteiger partial charge in [0, 0.05) is 6.07 Å². The fourth-order valence-corrected chi connectivity index (χ4v) is 0.767. The molecule has 0 saturated heterocycles. The van der Waals surface area contributed by atoms with E-state index in [1.807, 2.05) is 0 Å². The Morgan fingerprint density at radius 3 is 2.38 bits per heavy atom. The molecule has 0 aromatic heterocycles. The maximum atomic E-state index is 12.8. The zero-order chi connectivity index (χ0) is 9.14. The van der Waals surface area contributed by atoms with Crippen molar-refractivity contribution in [1.29, 1.82) is 0 Å². The predicted octanol–water partition coefficient (Wildman–Crippen LogP) is 0.966. The molecule has 0 bridgehead atoms. The zero-order valence-corrected chi connectivity index (χ0v) is 7.31. The zero-order valence-electron chi connectivity index (χ0n) is 6.50. The number of hydrogen-bond donors (Lipinski definition) is 2. The number of rotatable bonds is 1. The summed E-state index contributed by atoms with van der Waals surface area (Å²) in [5.74, 6) is 3.21. The Bertz CT molecular complexity index is 328. The van der Waals surface area contributed by atoms with Crippen molar-refractivity contribution in [2.45, 2.75) is 0 Å². The molecule has 1 aromatic carbocycles. The largest absolute Gasteiger partial charge is 0.382 e. The van der Waals surface area contributed by atoms with Crippen molar-refractivity contribution in [3.63, 3.8) is 0 Å². The minimum absolute atomic E-state index is 0. The molecule has 0 unspecified atom stereocenters. The maximum Gasteiger partial charge on any atom is 0.153 e. The molecule has 0 atom stereocenters. The van der Waals surface area contributed by atoms with Crippen LogP contribution in [0.15, 0.2) is 23.3 Å². The van der Waals surface area contributed by atoms with Crippen molar-refractivity contribution < 1.29 is 8.78 Å². The fourth-order valence-electron chi connectivity index (χ4n) is 0.767. The fraction of sp³-hybridized carbons (Fsp3) is 0. The highest BCUT2D eigenvalue weighted by Gasteiger charge is 2.06. The lowest BCUT2D eigenvalue weighted by Gasteiger charge is -1.99. The first-order valence-corrected chi connectivity index (χ1v) is 3.14. The van der Waals surface area contributed by atoms with Crippen molar-refractivity contribution in [3.8, 4) is 0 Å². The minimum Gasteiger partial charge on any atom is -0.382 e. The monoisotopic (exact) mass is 207 g/mol. The van der Waals surface area contributed by atoms with E-state index in [2.05, 4.69) is 5.10 Å². The first kappa shape index (κ1) is 11.6. The van der Waals surface area contributed by atoms with Crippen LogP contribution in [0.1, 0.15) is 5.56 Å². The van der Waals surface area contributed by atoms with E-state index >= 15 is 0 Å². The van der Waals surface area contributed by atoms with Gasteiger partial charge in [0.25, 0.3) is 0 Å². The molecule has 4 N–H and O–H groups in total. The molecule has 0 spiro atoms. The van der Waals surface area contributed by atoms with E-state index in [0.717, 1.165) is 6.07 Å². The van der Waals surface area contributed by atoms with Crippen molar-refractivity contribution >= 4 is 18.2 Å². The van der Waals surface area contributed by atoms with Gasteiger partial charge in [-0.05, 0) is 12.1 Å². The van der Waals surface area contributed by atoms with Crippen molar-refractivity contribution in [3.05, 3.63) is 35.4 Å². The molecule has 0 aliphatic heterocycles. The third-order valence-corrected chi connectivity index (χ3v) is 1.35. The Morgan fingerprint density at radius 2 is 1.92 bits per heavy atom. The minimum atomic E-state index is -0.776. The number of benzene rings is 1. The second kappa shape index (κ2) is 4.61. The summed E-state index contributed by atoms with van der Waals surface area (Å²) >= 11 is 0. The molecular weight excluding hydrogens is 200 g/mol. The summed E-state index contributed by atoms with van der Waals surface area (Å²) in [5, 5.41) is 3.08. The molecule has 0 saturated carbocycles. The highest BCUT2D eigenvalue weighted by atomic mass is 35.5. The Morgan fingerprint density at radius 1 is 1.31 bits per heavy atom. The summed E-state index contributed by atoms with van der Waals surface area (Å²) < 4.78 is 25.2. The SMILES string of the molecule is Cl.NN=C(N)c1ccc(F)cc1F. The molecule has 13 heavy (non-hydrogen) atoms. The van der Waals surface area contributed by atoms with Gasteiger partial charge in [-0.15, -0.1) is 12.4 Å². The summed E-state index contributed by atoms with van der Waals surface area (Å²) in [6, 6.07) is 2.97. The average molecular weight is 208 g/mol. The molecule has 1 aromatic rings. The molecule has 0 aliphatic rings. The molecule has 0 radical (unpaired) electrons. The van der Waals surface area contributed by atoms with Gasteiger partial charge in [0.15, 0.2) is 5.84 Å². The molecule has 72 valence electrons. The lowest BCUT2D eigenvalue weighted by Crippen LogP contribution is -2.17. The van der Waals surface area contributed by atoms with Crippen LogP contribution in [-0.2, 0) is 0 Å². The van der Waals surface area contributed by atoms with Gasteiger partial charge in [0.2, 0.25) is 0 Å². The van der Waals surface area contributed by atoms with Gasteiger partial charge in [-0.1, -0.05) is 0 Å². The lowest BCUT2D eigenvalue weighted by molar-refractivity contribution is 0.581. The van der Waals surface area contributed by atoms with Crippen LogP contribution in [0.4, 0.5) is 8.78 Å². The topological polar surface area (TPSA) is 64.4 Å². The van der Waals surface area contributed by atoms with Crippen LogP contribution in [-0.4, -0.2) is 5.84 Å². The van der Waals surface area contributed by atoms with E-state index in [4.69, 9.17) is 11.6 Å². The molecule has 3 nitrogen and oxygen atoms in total. The summed E-state index contributed by atoms with van der Waals surface area (Å²) in [7, 11) is 0. The number of hydrogen-bond acceptors (Lipinski definition) is 2. The third-order valence-electron chi connectivity index (χ3n) is 1.35. The van der Waals surface area contributed by atoms with Gasteiger partial charge in [-0.2, -0.15) is 5.10 Å². The van der Waals surface area contributed by atoms with Gasteiger partial charge >= 0.3 is 0 Å². The molecule has 6 heteroatoms. The molecule has 1 rings (SSSR count). The van der Waals surface area contributed by atoms with Crippen LogP contribution in [0.5, 0.6) is 0 Å². The van der Waals surface area contributed by atoms with Crippen LogP contribution in [0.2, 0.25) is 0 Å². The Balaban J connectivity index is 0.00000144. The summed E-state index contributed by atoms with van der Waals surface area (Å²) in [6.45, 7) is 0. The first-order chi connectivity index (χ1) is 5.65. The van der Waals surface area contributed by atoms with E-state index in [-0.39, 0.29) is 23.8 Å². The smallest absolute Gasteiger partial charge is 0.153 e. The van der Waals surface area contributed by atoms with Crippen LogP contribution in [0.25, 0.3) is 0 Å². The predicted molar refractivity (Wildman–Crippen MR) is 48.5 cm³/mol. The van der Waals surface area contributed by atoms with Crippen molar-refractivity contribution in [2.75, 3.05) is 0 Å². The Labute approximate surface area is 79.8 Å². The lowest BCUT2D eigenvalue weighted by atomic mass is 10.2. The van der Waals surface area contributed by atoms with Gasteiger partial charge in [0.1, 0.15) is 11.6 Å². The highest BCUT2D eigenvalue weighted by molar-refractivity contribution is 5.97. The maximum absolute atomic E-state index is 12.8. The van der Waals surface area contributed by atoms with E-state index in [1.165, 1.54) is 6.07 Å². The first-order valence-electron chi connectivity index (χ1n) is 3.14. The second-order valence-corrected chi connectivity index (χ2v) is 2.14. The molecule has 0 amide bonds. The Kier molecular flexibility index (Phi) is 4.13. The van der Waals surface area contributed by atoms with Crippen LogP contribution in [0.3, 0.4) is 0 Å². The molecule has 0 fully saturated rings. The summed E-state index contributed by atoms with van der Waals surface area (Å²) in [4.78, 5) is 0.